The van der Waals surface area contributed by atoms with Gasteiger partial charge in [0.15, 0.2) is 0 Å². The lowest BCUT2D eigenvalue weighted by molar-refractivity contribution is 0.164. The van der Waals surface area contributed by atoms with E-state index in [2.05, 4.69) is 16.1 Å². The van der Waals surface area contributed by atoms with Crippen LogP contribution in [-0.4, -0.2) is 21.4 Å². The Labute approximate surface area is 106 Å². The average Bonchev–Trinajstić information content (AvgIpc) is 2.79. The van der Waals surface area contributed by atoms with Crippen molar-refractivity contribution in [1.82, 2.24) is 9.78 Å². The minimum Gasteiger partial charge on any atom is -0.388 e. The van der Waals surface area contributed by atoms with Gasteiger partial charge in [0.25, 0.3) is 0 Å². The van der Waals surface area contributed by atoms with Crippen molar-refractivity contribution in [3.8, 4) is 0 Å². The Morgan fingerprint density at radius 2 is 2.22 bits per heavy atom. The summed E-state index contributed by atoms with van der Waals surface area (Å²) in [5.41, 5.74) is 3.37. The Bertz CT molecular complexity index is 549. The van der Waals surface area contributed by atoms with Crippen LogP contribution in [0.15, 0.2) is 36.7 Å². The van der Waals surface area contributed by atoms with Gasteiger partial charge in [-0.1, -0.05) is 18.2 Å². The molecule has 2 aromatic rings. The number of aryl methyl sites for hydroxylation is 1. The molecule has 1 unspecified atom stereocenters. The summed E-state index contributed by atoms with van der Waals surface area (Å²) in [5, 5.41) is 14.2. The summed E-state index contributed by atoms with van der Waals surface area (Å²) >= 11 is 0. The molecule has 0 amide bonds. The smallest absolute Gasteiger partial charge is 0.0826 e. The van der Waals surface area contributed by atoms with E-state index in [-0.39, 0.29) is 6.10 Å². The zero-order valence-corrected chi connectivity index (χ0v) is 10.5. The molecule has 2 heterocycles. The van der Waals surface area contributed by atoms with Crippen LogP contribution in [0.25, 0.3) is 0 Å². The molecule has 0 aliphatic carbocycles. The molecule has 1 N–H and O–H groups in total. The third kappa shape index (κ3) is 1.99. The lowest BCUT2D eigenvalue weighted by Crippen LogP contribution is -2.30. The van der Waals surface area contributed by atoms with Gasteiger partial charge in [-0.25, -0.2) is 0 Å². The molecule has 18 heavy (non-hydrogen) atoms. The first-order valence-corrected chi connectivity index (χ1v) is 6.23. The molecule has 0 spiro atoms. The zero-order chi connectivity index (χ0) is 12.5. The number of benzene rings is 1. The van der Waals surface area contributed by atoms with Crippen LogP contribution in [0.4, 0.5) is 5.69 Å². The minimum absolute atomic E-state index is 0.327. The predicted molar refractivity (Wildman–Crippen MR) is 70.3 cm³/mol. The number of hydrogen-bond acceptors (Lipinski definition) is 3. The van der Waals surface area contributed by atoms with Gasteiger partial charge in [-0.15, -0.1) is 0 Å². The third-order valence-electron chi connectivity index (χ3n) is 3.44. The van der Waals surface area contributed by atoms with Crippen molar-refractivity contribution >= 4 is 5.69 Å². The normalized spacial score (nSPS) is 18.8. The van der Waals surface area contributed by atoms with Crippen LogP contribution < -0.4 is 4.90 Å². The van der Waals surface area contributed by atoms with E-state index in [0.717, 1.165) is 30.8 Å². The molecule has 1 atom stereocenters. The van der Waals surface area contributed by atoms with E-state index in [1.165, 1.54) is 5.56 Å². The number of anilines is 1. The topological polar surface area (TPSA) is 41.3 Å². The Kier molecular flexibility index (Phi) is 2.80. The van der Waals surface area contributed by atoms with Crippen molar-refractivity contribution in [3.05, 3.63) is 47.8 Å². The van der Waals surface area contributed by atoms with Gasteiger partial charge < -0.3 is 10.0 Å². The fourth-order valence-electron chi connectivity index (χ4n) is 2.55. The molecule has 0 saturated carbocycles. The van der Waals surface area contributed by atoms with Crippen molar-refractivity contribution in [2.75, 3.05) is 11.4 Å². The second-order valence-electron chi connectivity index (χ2n) is 4.81. The molecule has 94 valence electrons. The van der Waals surface area contributed by atoms with E-state index in [0.29, 0.717) is 0 Å². The number of para-hydroxylation sites is 1. The van der Waals surface area contributed by atoms with E-state index in [9.17, 15) is 5.11 Å². The highest BCUT2D eigenvalue weighted by atomic mass is 16.3. The maximum Gasteiger partial charge on any atom is 0.0826 e. The summed E-state index contributed by atoms with van der Waals surface area (Å²) in [4.78, 5) is 2.30. The van der Waals surface area contributed by atoms with E-state index < -0.39 is 0 Å². The summed E-state index contributed by atoms with van der Waals surface area (Å²) in [7, 11) is 1.93. The Balaban J connectivity index is 1.88. The van der Waals surface area contributed by atoms with Gasteiger partial charge in [0.2, 0.25) is 0 Å². The first kappa shape index (κ1) is 11.3. The number of aromatic nitrogens is 2. The summed E-state index contributed by atoms with van der Waals surface area (Å²) < 4.78 is 1.82. The zero-order valence-electron chi connectivity index (χ0n) is 10.5. The average molecular weight is 243 g/mol. The second kappa shape index (κ2) is 4.46. The van der Waals surface area contributed by atoms with Gasteiger partial charge in [-0.05, 0) is 12.5 Å². The second-order valence-corrected chi connectivity index (χ2v) is 4.81. The van der Waals surface area contributed by atoms with E-state index in [1.54, 1.807) is 0 Å². The fraction of sp³-hybridized carbons (Fsp3) is 0.357. The molecule has 0 bridgehead atoms. The standard InChI is InChI=1S/C14H17N3O/c1-16-9-11(8-15-16)10-17-7-6-14(18)12-4-2-3-5-13(12)17/h2-5,8-9,14,18H,6-7,10H2,1H3. The van der Waals surface area contributed by atoms with Crippen molar-refractivity contribution < 1.29 is 5.11 Å². The number of fused-ring (bicyclic) bond motifs is 1. The van der Waals surface area contributed by atoms with E-state index >= 15 is 0 Å². The van der Waals surface area contributed by atoms with Crippen molar-refractivity contribution in [1.29, 1.82) is 0 Å². The highest BCUT2D eigenvalue weighted by Gasteiger charge is 2.23. The SMILES string of the molecule is Cn1cc(CN2CCC(O)c3ccccc32)cn1. The van der Waals surface area contributed by atoms with E-state index in [4.69, 9.17) is 0 Å². The fourth-order valence-corrected chi connectivity index (χ4v) is 2.55. The quantitative estimate of drug-likeness (QED) is 0.875. The molecule has 1 aliphatic heterocycles. The van der Waals surface area contributed by atoms with Gasteiger partial charge in [-0.3, -0.25) is 4.68 Å². The Morgan fingerprint density at radius 3 is 3.00 bits per heavy atom. The maximum atomic E-state index is 10.0. The minimum atomic E-state index is -0.327. The maximum absolute atomic E-state index is 10.0. The van der Waals surface area contributed by atoms with Gasteiger partial charge in [-0.2, -0.15) is 5.10 Å². The summed E-state index contributed by atoms with van der Waals surface area (Å²) in [6, 6.07) is 8.09. The molecule has 0 radical (unpaired) electrons. The van der Waals surface area contributed by atoms with E-state index in [1.807, 2.05) is 42.3 Å². The molecule has 3 rings (SSSR count). The van der Waals surface area contributed by atoms with Crippen LogP contribution >= 0.6 is 0 Å². The van der Waals surface area contributed by atoms with Crippen molar-refractivity contribution in [3.63, 3.8) is 0 Å². The lowest BCUT2D eigenvalue weighted by atomic mass is 9.98. The predicted octanol–water partition coefficient (Wildman–Crippen LogP) is 1.86. The highest BCUT2D eigenvalue weighted by Crippen LogP contribution is 2.34. The number of hydrogen-bond donors (Lipinski definition) is 1. The number of aliphatic hydroxyl groups excluding tert-OH is 1. The largest absolute Gasteiger partial charge is 0.388 e. The van der Waals surface area contributed by atoms with Gasteiger partial charge >= 0.3 is 0 Å². The van der Waals surface area contributed by atoms with Gasteiger partial charge in [0, 0.05) is 43.1 Å². The van der Waals surface area contributed by atoms with Gasteiger partial charge in [0.1, 0.15) is 0 Å². The summed E-state index contributed by atoms with van der Waals surface area (Å²) in [6.07, 6.45) is 4.39. The highest BCUT2D eigenvalue weighted by molar-refractivity contribution is 5.56. The number of nitrogens with zero attached hydrogens (tertiary/aromatic N) is 3. The first-order chi connectivity index (χ1) is 8.74. The van der Waals surface area contributed by atoms with Crippen LogP contribution in [-0.2, 0) is 13.6 Å². The molecule has 1 aromatic heterocycles. The first-order valence-electron chi connectivity index (χ1n) is 6.23. The van der Waals surface area contributed by atoms with Crippen LogP contribution in [0.2, 0.25) is 0 Å². The molecule has 4 heteroatoms. The molecule has 1 aliphatic rings. The van der Waals surface area contributed by atoms with Gasteiger partial charge in [0.05, 0.1) is 12.3 Å². The molecule has 4 nitrogen and oxygen atoms in total. The molecule has 1 aromatic carbocycles. The van der Waals surface area contributed by atoms with Crippen LogP contribution in [0.5, 0.6) is 0 Å². The van der Waals surface area contributed by atoms with Crippen molar-refractivity contribution in [2.24, 2.45) is 7.05 Å². The third-order valence-corrected chi connectivity index (χ3v) is 3.44. The van der Waals surface area contributed by atoms with Crippen molar-refractivity contribution in [2.45, 2.75) is 19.1 Å². The van der Waals surface area contributed by atoms with Crippen LogP contribution in [0, 0.1) is 0 Å². The number of rotatable bonds is 2. The lowest BCUT2D eigenvalue weighted by Gasteiger charge is -2.33. The molecule has 0 saturated heterocycles. The molecular formula is C14H17N3O. The summed E-state index contributed by atoms with van der Waals surface area (Å²) in [6.45, 7) is 1.73. The molecular weight excluding hydrogens is 226 g/mol. The van der Waals surface area contributed by atoms with Crippen LogP contribution in [0.3, 0.4) is 0 Å². The number of aliphatic hydroxyl groups is 1. The Morgan fingerprint density at radius 1 is 1.39 bits per heavy atom. The monoisotopic (exact) mass is 243 g/mol. The summed E-state index contributed by atoms with van der Waals surface area (Å²) in [5.74, 6) is 0. The Hall–Kier alpha value is -1.81. The molecule has 0 fully saturated rings. The van der Waals surface area contributed by atoms with Crippen LogP contribution in [0.1, 0.15) is 23.7 Å².